The monoisotopic (exact) mass is 467 g/mol. The fourth-order valence-corrected chi connectivity index (χ4v) is 4.99. The van der Waals surface area contributed by atoms with E-state index in [1.807, 2.05) is 0 Å². The van der Waals surface area contributed by atoms with E-state index < -0.39 is 21.7 Å². The van der Waals surface area contributed by atoms with Crippen molar-refractivity contribution >= 4 is 38.9 Å². The third-order valence-corrected chi connectivity index (χ3v) is 6.85. The van der Waals surface area contributed by atoms with E-state index in [0.717, 1.165) is 12.5 Å². The van der Waals surface area contributed by atoms with Crippen molar-refractivity contribution in [2.45, 2.75) is 24.7 Å². The van der Waals surface area contributed by atoms with Crippen LogP contribution >= 0.6 is 0 Å². The van der Waals surface area contributed by atoms with E-state index in [4.69, 9.17) is 0 Å². The van der Waals surface area contributed by atoms with Crippen LogP contribution in [0.4, 0.5) is 21.5 Å². The molecule has 3 aromatic rings. The Morgan fingerprint density at radius 3 is 2.55 bits per heavy atom. The summed E-state index contributed by atoms with van der Waals surface area (Å²) in [5, 5.41) is 2.69. The van der Waals surface area contributed by atoms with Gasteiger partial charge in [0, 0.05) is 29.9 Å². The second-order valence-electron chi connectivity index (χ2n) is 7.72. The molecule has 1 fully saturated rings. The Morgan fingerprint density at radius 1 is 1.03 bits per heavy atom. The smallest absolute Gasteiger partial charge is 0.262 e. The molecular formula is C24H22FN3O4S. The van der Waals surface area contributed by atoms with Crippen LogP contribution in [0.2, 0.25) is 0 Å². The number of halogens is 1. The Hall–Kier alpha value is -3.72. The molecule has 0 atom stereocenters. The van der Waals surface area contributed by atoms with Crippen molar-refractivity contribution in [2.24, 2.45) is 0 Å². The van der Waals surface area contributed by atoms with Crippen molar-refractivity contribution in [3.63, 3.8) is 0 Å². The number of aryl methyl sites for hydroxylation is 1. The van der Waals surface area contributed by atoms with Gasteiger partial charge in [0.05, 0.1) is 10.6 Å². The number of carbonyl (C=O) groups is 2. The Morgan fingerprint density at radius 2 is 1.82 bits per heavy atom. The van der Waals surface area contributed by atoms with E-state index in [1.165, 1.54) is 24.3 Å². The van der Waals surface area contributed by atoms with Gasteiger partial charge in [0.2, 0.25) is 5.91 Å². The van der Waals surface area contributed by atoms with Crippen LogP contribution in [-0.2, 0) is 14.8 Å². The van der Waals surface area contributed by atoms with E-state index in [0.29, 0.717) is 29.8 Å². The second kappa shape index (κ2) is 9.03. The molecule has 170 valence electrons. The van der Waals surface area contributed by atoms with Crippen molar-refractivity contribution < 1.29 is 22.4 Å². The number of nitrogens with zero attached hydrogens (tertiary/aromatic N) is 1. The predicted octanol–water partition coefficient (Wildman–Crippen LogP) is 4.31. The van der Waals surface area contributed by atoms with Crippen LogP contribution < -0.4 is 14.9 Å². The number of rotatable bonds is 6. The summed E-state index contributed by atoms with van der Waals surface area (Å²) in [5.41, 5.74) is 1.52. The molecule has 9 heteroatoms. The van der Waals surface area contributed by atoms with Gasteiger partial charge in [0.25, 0.3) is 15.9 Å². The highest BCUT2D eigenvalue weighted by atomic mass is 32.2. The molecule has 4 rings (SSSR count). The Balaban J connectivity index is 1.56. The summed E-state index contributed by atoms with van der Waals surface area (Å²) in [4.78, 5) is 26.4. The van der Waals surface area contributed by atoms with E-state index >= 15 is 0 Å². The van der Waals surface area contributed by atoms with Crippen molar-refractivity contribution in [2.75, 3.05) is 21.5 Å². The minimum atomic E-state index is -4.10. The highest BCUT2D eigenvalue weighted by molar-refractivity contribution is 7.92. The number of amides is 2. The Bertz CT molecular complexity index is 1340. The van der Waals surface area contributed by atoms with Crippen molar-refractivity contribution in [1.82, 2.24) is 0 Å². The molecule has 1 aliphatic rings. The van der Waals surface area contributed by atoms with Gasteiger partial charge in [0.15, 0.2) is 0 Å². The lowest BCUT2D eigenvalue weighted by molar-refractivity contribution is -0.117. The molecule has 2 amide bonds. The first-order valence-electron chi connectivity index (χ1n) is 10.3. The van der Waals surface area contributed by atoms with Gasteiger partial charge in [-0.15, -0.1) is 0 Å². The van der Waals surface area contributed by atoms with Crippen LogP contribution in [0.25, 0.3) is 0 Å². The zero-order valence-corrected chi connectivity index (χ0v) is 18.7. The van der Waals surface area contributed by atoms with Gasteiger partial charge >= 0.3 is 0 Å². The number of benzene rings is 3. The third-order valence-electron chi connectivity index (χ3n) is 5.35. The van der Waals surface area contributed by atoms with Crippen LogP contribution in [0.5, 0.6) is 0 Å². The van der Waals surface area contributed by atoms with Crippen LogP contribution in [-0.4, -0.2) is 26.8 Å². The van der Waals surface area contributed by atoms with Crippen LogP contribution in [0.3, 0.4) is 0 Å². The molecule has 0 unspecified atom stereocenters. The lowest BCUT2D eigenvalue weighted by Crippen LogP contribution is -2.24. The summed E-state index contributed by atoms with van der Waals surface area (Å²) in [6.07, 6.45) is 1.26. The van der Waals surface area contributed by atoms with Gasteiger partial charge in [-0.2, -0.15) is 0 Å². The number of anilines is 3. The lowest BCUT2D eigenvalue weighted by Gasteiger charge is -2.16. The van der Waals surface area contributed by atoms with Crippen molar-refractivity contribution in [3.8, 4) is 0 Å². The maximum absolute atomic E-state index is 13.9. The molecule has 1 saturated heterocycles. The van der Waals surface area contributed by atoms with Crippen molar-refractivity contribution in [1.29, 1.82) is 0 Å². The highest BCUT2D eigenvalue weighted by Gasteiger charge is 2.23. The molecule has 0 bridgehead atoms. The first-order valence-corrected chi connectivity index (χ1v) is 11.8. The SMILES string of the molecule is Cc1ccc(NC(=O)c2cccc(N3CCCC3=O)c2)cc1S(=O)(=O)Nc1ccccc1F. The normalized spacial score (nSPS) is 13.8. The van der Waals surface area contributed by atoms with Gasteiger partial charge in [-0.05, 0) is 61.4 Å². The van der Waals surface area contributed by atoms with Crippen LogP contribution in [0.15, 0.2) is 71.6 Å². The first-order chi connectivity index (χ1) is 15.7. The van der Waals surface area contributed by atoms with Gasteiger partial charge in [-0.25, -0.2) is 12.8 Å². The van der Waals surface area contributed by atoms with E-state index in [1.54, 1.807) is 48.2 Å². The largest absolute Gasteiger partial charge is 0.322 e. The van der Waals surface area contributed by atoms with Gasteiger partial charge in [-0.1, -0.05) is 24.3 Å². The van der Waals surface area contributed by atoms with Gasteiger partial charge < -0.3 is 10.2 Å². The standard InChI is InChI=1S/C24H22FN3O4S/c1-16-11-12-18(15-22(16)33(31,32)27-21-9-3-2-8-20(21)25)26-24(30)17-6-4-7-19(14-17)28-13-5-10-23(28)29/h2-4,6-9,11-12,14-15,27H,5,10,13H2,1H3,(H,26,30). The molecule has 1 aliphatic heterocycles. The number of hydrogen-bond acceptors (Lipinski definition) is 4. The average molecular weight is 468 g/mol. The fraction of sp³-hybridized carbons (Fsp3) is 0.167. The zero-order chi connectivity index (χ0) is 23.6. The molecular weight excluding hydrogens is 445 g/mol. The fourth-order valence-electron chi connectivity index (χ4n) is 3.65. The third kappa shape index (κ3) is 4.88. The maximum atomic E-state index is 13.9. The van der Waals surface area contributed by atoms with Crippen LogP contribution in [0.1, 0.15) is 28.8 Å². The summed E-state index contributed by atoms with van der Waals surface area (Å²) >= 11 is 0. The van der Waals surface area contributed by atoms with E-state index in [-0.39, 0.29) is 22.2 Å². The summed E-state index contributed by atoms with van der Waals surface area (Å²) in [5.74, 6) is -1.12. The number of nitrogens with one attached hydrogen (secondary N) is 2. The number of hydrogen-bond donors (Lipinski definition) is 2. The minimum absolute atomic E-state index is 0.0169. The minimum Gasteiger partial charge on any atom is -0.322 e. The summed E-state index contributed by atoms with van der Waals surface area (Å²) in [6.45, 7) is 2.22. The maximum Gasteiger partial charge on any atom is 0.262 e. The molecule has 0 aromatic heterocycles. The second-order valence-corrected chi connectivity index (χ2v) is 9.37. The Kier molecular flexibility index (Phi) is 6.15. The van der Waals surface area contributed by atoms with E-state index in [9.17, 15) is 22.4 Å². The van der Waals surface area contributed by atoms with Gasteiger partial charge in [-0.3, -0.25) is 14.3 Å². The summed E-state index contributed by atoms with van der Waals surface area (Å²) in [7, 11) is -4.10. The highest BCUT2D eigenvalue weighted by Crippen LogP contribution is 2.26. The predicted molar refractivity (Wildman–Crippen MR) is 124 cm³/mol. The molecule has 2 N–H and O–H groups in total. The van der Waals surface area contributed by atoms with E-state index in [2.05, 4.69) is 10.0 Å². The van der Waals surface area contributed by atoms with Crippen LogP contribution in [0, 0.1) is 12.7 Å². The number of carbonyl (C=O) groups excluding carboxylic acids is 2. The average Bonchev–Trinajstić information content (AvgIpc) is 3.22. The number of para-hydroxylation sites is 1. The lowest BCUT2D eigenvalue weighted by atomic mass is 10.1. The summed E-state index contributed by atoms with van der Waals surface area (Å²) < 4.78 is 41.9. The first kappa shape index (κ1) is 22.5. The molecule has 3 aromatic carbocycles. The quantitative estimate of drug-likeness (QED) is 0.565. The molecule has 1 heterocycles. The molecule has 0 spiro atoms. The van der Waals surface area contributed by atoms with Gasteiger partial charge in [0.1, 0.15) is 5.82 Å². The Labute approximate surface area is 191 Å². The van der Waals surface area contributed by atoms with Crippen molar-refractivity contribution in [3.05, 3.63) is 83.7 Å². The summed E-state index contributed by atoms with van der Waals surface area (Å²) in [6, 6.07) is 16.6. The molecule has 33 heavy (non-hydrogen) atoms. The molecule has 0 aliphatic carbocycles. The molecule has 7 nitrogen and oxygen atoms in total. The zero-order valence-electron chi connectivity index (χ0n) is 17.8. The number of sulfonamides is 1. The molecule has 0 saturated carbocycles. The molecule has 0 radical (unpaired) electrons. The topological polar surface area (TPSA) is 95.6 Å².